The molecule has 1 heterocycles. The van der Waals surface area contributed by atoms with Gasteiger partial charge in [-0.05, 0) is 37.1 Å². The highest BCUT2D eigenvalue weighted by atomic mass is 35.5. The molecular formula is C14H18Cl2N2O2. The number of carbonyl (C=O) groups is 1. The van der Waals surface area contributed by atoms with Crippen molar-refractivity contribution >= 4 is 29.3 Å². The SMILES string of the molecule is COC(=O)N(C)[C@]1(c2ccc(Cl)c(Cl)c2)CCCNC1. The zero-order valence-corrected chi connectivity index (χ0v) is 13.1. The molecule has 0 radical (unpaired) electrons. The molecule has 1 aromatic carbocycles. The third kappa shape index (κ3) is 2.73. The Labute approximate surface area is 129 Å². The van der Waals surface area contributed by atoms with E-state index in [0.717, 1.165) is 24.9 Å². The average molecular weight is 317 g/mol. The Kier molecular flexibility index (Phi) is 4.78. The maximum absolute atomic E-state index is 12.0. The topological polar surface area (TPSA) is 41.6 Å². The van der Waals surface area contributed by atoms with Crippen LogP contribution in [0.2, 0.25) is 10.0 Å². The Morgan fingerprint density at radius 3 is 2.70 bits per heavy atom. The van der Waals surface area contributed by atoms with Gasteiger partial charge < -0.3 is 15.0 Å². The maximum Gasteiger partial charge on any atom is 0.409 e. The summed E-state index contributed by atoms with van der Waals surface area (Å²) in [6, 6.07) is 5.51. The molecule has 0 aliphatic carbocycles. The molecule has 6 heteroatoms. The third-order valence-electron chi connectivity index (χ3n) is 3.91. The molecule has 2 rings (SSSR count). The molecule has 0 spiro atoms. The fourth-order valence-electron chi connectivity index (χ4n) is 2.71. The van der Waals surface area contributed by atoms with Gasteiger partial charge in [-0.2, -0.15) is 0 Å². The van der Waals surface area contributed by atoms with Crippen LogP contribution in [0.4, 0.5) is 4.79 Å². The fraction of sp³-hybridized carbons (Fsp3) is 0.500. The Morgan fingerprint density at radius 2 is 2.15 bits per heavy atom. The second-order valence-electron chi connectivity index (χ2n) is 4.97. The first kappa shape index (κ1) is 15.4. The summed E-state index contributed by atoms with van der Waals surface area (Å²) in [6.07, 6.45) is 1.46. The lowest BCUT2D eigenvalue weighted by atomic mass is 9.82. The van der Waals surface area contributed by atoms with Crippen LogP contribution < -0.4 is 5.32 Å². The predicted molar refractivity (Wildman–Crippen MR) is 80.4 cm³/mol. The van der Waals surface area contributed by atoms with E-state index in [-0.39, 0.29) is 6.09 Å². The lowest BCUT2D eigenvalue weighted by Crippen LogP contribution is -2.55. The summed E-state index contributed by atoms with van der Waals surface area (Å²) in [5.41, 5.74) is 0.506. The molecule has 1 saturated heterocycles. The zero-order chi connectivity index (χ0) is 14.8. The molecule has 0 aromatic heterocycles. The van der Waals surface area contributed by atoms with Crippen molar-refractivity contribution in [3.8, 4) is 0 Å². The van der Waals surface area contributed by atoms with Crippen LogP contribution in [0.5, 0.6) is 0 Å². The molecule has 110 valence electrons. The minimum Gasteiger partial charge on any atom is -0.453 e. The second-order valence-corrected chi connectivity index (χ2v) is 5.78. The quantitative estimate of drug-likeness (QED) is 0.910. The number of hydrogen-bond donors (Lipinski definition) is 1. The van der Waals surface area contributed by atoms with E-state index in [1.165, 1.54) is 7.11 Å². The van der Waals surface area contributed by atoms with E-state index in [9.17, 15) is 4.79 Å². The van der Waals surface area contributed by atoms with Crippen LogP contribution in [0.1, 0.15) is 18.4 Å². The van der Waals surface area contributed by atoms with Gasteiger partial charge in [0.1, 0.15) is 0 Å². The highest BCUT2D eigenvalue weighted by Crippen LogP contribution is 2.37. The van der Waals surface area contributed by atoms with Crippen LogP contribution in [-0.2, 0) is 10.3 Å². The molecular weight excluding hydrogens is 299 g/mol. The minimum absolute atomic E-state index is 0.361. The van der Waals surface area contributed by atoms with E-state index < -0.39 is 5.54 Å². The molecule has 20 heavy (non-hydrogen) atoms. The van der Waals surface area contributed by atoms with Gasteiger partial charge in [0.2, 0.25) is 0 Å². The molecule has 1 amide bonds. The van der Waals surface area contributed by atoms with Gasteiger partial charge in [-0.25, -0.2) is 4.79 Å². The lowest BCUT2D eigenvalue weighted by Gasteiger charge is -2.44. The number of amides is 1. The zero-order valence-electron chi connectivity index (χ0n) is 11.6. The van der Waals surface area contributed by atoms with E-state index in [4.69, 9.17) is 27.9 Å². The van der Waals surface area contributed by atoms with Crippen molar-refractivity contribution in [2.24, 2.45) is 0 Å². The number of halogens is 2. The van der Waals surface area contributed by atoms with Crippen molar-refractivity contribution in [2.75, 3.05) is 27.2 Å². The van der Waals surface area contributed by atoms with Crippen molar-refractivity contribution in [3.63, 3.8) is 0 Å². The first-order valence-electron chi connectivity index (χ1n) is 6.49. The molecule has 1 fully saturated rings. The van der Waals surface area contributed by atoms with Crippen molar-refractivity contribution in [1.29, 1.82) is 0 Å². The van der Waals surface area contributed by atoms with E-state index >= 15 is 0 Å². The minimum atomic E-state index is -0.459. The van der Waals surface area contributed by atoms with Crippen molar-refractivity contribution in [2.45, 2.75) is 18.4 Å². The number of benzene rings is 1. The Balaban J connectivity index is 2.45. The summed E-state index contributed by atoms with van der Waals surface area (Å²) in [5.74, 6) is 0. The fourth-order valence-corrected chi connectivity index (χ4v) is 3.01. The number of methoxy groups -OCH3 is 1. The number of piperidine rings is 1. The van der Waals surface area contributed by atoms with E-state index in [0.29, 0.717) is 16.6 Å². The van der Waals surface area contributed by atoms with Crippen molar-refractivity contribution < 1.29 is 9.53 Å². The van der Waals surface area contributed by atoms with Crippen LogP contribution in [0, 0.1) is 0 Å². The van der Waals surface area contributed by atoms with Gasteiger partial charge in [0, 0.05) is 13.6 Å². The van der Waals surface area contributed by atoms with Crippen LogP contribution in [0.25, 0.3) is 0 Å². The number of nitrogens with zero attached hydrogens (tertiary/aromatic N) is 1. The number of nitrogens with one attached hydrogen (secondary N) is 1. The molecule has 1 N–H and O–H groups in total. The van der Waals surface area contributed by atoms with E-state index in [1.807, 2.05) is 12.1 Å². The third-order valence-corrected chi connectivity index (χ3v) is 4.65. The number of carbonyl (C=O) groups excluding carboxylic acids is 1. The molecule has 0 saturated carbocycles. The summed E-state index contributed by atoms with van der Waals surface area (Å²) < 4.78 is 4.87. The first-order valence-corrected chi connectivity index (χ1v) is 7.25. The highest BCUT2D eigenvalue weighted by molar-refractivity contribution is 6.42. The monoisotopic (exact) mass is 316 g/mol. The van der Waals surface area contributed by atoms with Gasteiger partial charge in [0.25, 0.3) is 0 Å². The number of likely N-dealkylation sites (N-methyl/N-ethyl adjacent to an activating group) is 1. The van der Waals surface area contributed by atoms with Crippen LogP contribution >= 0.6 is 23.2 Å². The van der Waals surface area contributed by atoms with Crippen molar-refractivity contribution in [1.82, 2.24) is 10.2 Å². The Morgan fingerprint density at radius 1 is 1.40 bits per heavy atom. The van der Waals surface area contributed by atoms with E-state index in [2.05, 4.69) is 5.32 Å². The van der Waals surface area contributed by atoms with Gasteiger partial charge >= 0.3 is 6.09 Å². The molecule has 1 aromatic rings. The normalized spacial score (nSPS) is 22.4. The molecule has 1 atom stereocenters. The largest absolute Gasteiger partial charge is 0.453 e. The van der Waals surface area contributed by atoms with Crippen molar-refractivity contribution in [3.05, 3.63) is 33.8 Å². The number of hydrogen-bond acceptors (Lipinski definition) is 3. The summed E-state index contributed by atoms with van der Waals surface area (Å²) >= 11 is 12.1. The second kappa shape index (κ2) is 6.20. The van der Waals surface area contributed by atoms with Crippen LogP contribution in [0.15, 0.2) is 18.2 Å². The summed E-state index contributed by atoms with van der Waals surface area (Å²) in [5, 5.41) is 4.34. The predicted octanol–water partition coefficient (Wildman–Crippen LogP) is 3.27. The van der Waals surface area contributed by atoms with Crippen LogP contribution in [0.3, 0.4) is 0 Å². The standard InChI is InChI=1S/C14H18Cl2N2O2/c1-18(13(19)20-2)14(6-3-7-17-9-14)10-4-5-11(15)12(16)8-10/h4-5,8,17H,3,6-7,9H2,1-2H3/t14-/m1/s1. The Bertz CT molecular complexity index is 502. The van der Waals surface area contributed by atoms with Gasteiger partial charge in [0.15, 0.2) is 0 Å². The molecule has 1 aliphatic heterocycles. The van der Waals surface area contributed by atoms with Crippen LogP contribution in [-0.4, -0.2) is 38.2 Å². The number of ether oxygens (including phenoxy) is 1. The van der Waals surface area contributed by atoms with Gasteiger partial charge in [0.05, 0.1) is 22.7 Å². The summed E-state index contributed by atoms with van der Waals surface area (Å²) in [4.78, 5) is 13.6. The van der Waals surface area contributed by atoms with Gasteiger partial charge in [-0.3, -0.25) is 0 Å². The average Bonchev–Trinajstić information content (AvgIpc) is 2.49. The van der Waals surface area contributed by atoms with Gasteiger partial charge in [-0.15, -0.1) is 0 Å². The molecule has 0 bridgehead atoms. The highest BCUT2D eigenvalue weighted by Gasteiger charge is 2.41. The molecule has 0 unspecified atom stereocenters. The molecule has 1 aliphatic rings. The lowest BCUT2D eigenvalue weighted by molar-refractivity contribution is 0.0615. The van der Waals surface area contributed by atoms with Gasteiger partial charge in [-0.1, -0.05) is 29.3 Å². The summed E-state index contributed by atoms with van der Waals surface area (Å²) in [7, 11) is 3.14. The maximum atomic E-state index is 12.0. The smallest absolute Gasteiger partial charge is 0.409 e. The van der Waals surface area contributed by atoms with E-state index in [1.54, 1.807) is 18.0 Å². The molecule has 4 nitrogen and oxygen atoms in total. The first-order chi connectivity index (χ1) is 9.51. The summed E-state index contributed by atoms with van der Waals surface area (Å²) in [6.45, 7) is 1.61. The number of rotatable bonds is 2. The Hall–Kier alpha value is -0.970.